The fourth-order valence-corrected chi connectivity index (χ4v) is 3.03. The second-order valence-electron chi connectivity index (χ2n) is 5.95. The van der Waals surface area contributed by atoms with Gasteiger partial charge in [-0.3, -0.25) is 14.7 Å². The molecule has 1 saturated heterocycles. The second kappa shape index (κ2) is 5.96. The first-order valence-corrected chi connectivity index (χ1v) is 7.70. The molecular formula is C15H22BN3O. The lowest BCUT2D eigenvalue weighted by atomic mass is 9.91. The highest BCUT2D eigenvalue weighted by atomic mass is 16.2. The van der Waals surface area contributed by atoms with Crippen molar-refractivity contribution < 1.29 is 4.79 Å². The van der Waals surface area contributed by atoms with Crippen LogP contribution in [0, 0.1) is 0 Å². The van der Waals surface area contributed by atoms with E-state index in [4.69, 9.17) is 0 Å². The van der Waals surface area contributed by atoms with Crippen molar-refractivity contribution in [3.05, 3.63) is 23.9 Å². The van der Waals surface area contributed by atoms with E-state index >= 15 is 0 Å². The average molecular weight is 271 g/mol. The van der Waals surface area contributed by atoms with Crippen LogP contribution in [0.15, 0.2) is 18.3 Å². The van der Waals surface area contributed by atoms with Crippen molar-refractivity contribution >= 4 is 19.3 Å². The molecule has 0 bridgehead atoms. The Kier molecular flexibility index (Phi) is 4.06. The molecule has 1 saturated carbocycles. The molecule has 2 aliphatic rings. The first-order valence-electron chi connectivity index (χ1n) is 7.70. The number of amides is 1. The summed E-state index contributed by atoms with van der Waals surface area (Å²) in [7, 11) is 1.94. The third-order valence-electron chi connectivity index (χ3n) is 4.57. The molecule has 106 valence electrons. The van der Waals surface area contributed by atoms with Crippen LogP contribution in [0.5, 0.6) is 0 Å². The monoisotopic (exact) mass is 271 g/mol. The highest BCUT2D eigenvalue weighted by Gasteiger charge is 2.27. The summed E-state index contributed by atoms with van der Waals surface area (Å²) in [5.74, 6) is 0.132. The van der Waals surface area contributed by atoms with Gasteiger partial charge in [0.05, 0.1) is 5.56 Å². The van der Waals surface area contributed by atoms with Gasteiger partial charge in [-0.15, -0.1) is 0 Å². The van der Waals surface area contributed by atoms with Gasteiger partial charge in [0.15, 0.2) is 7.85 Å². The maximum Gasteiger partial charge on any atom is 0.255 e. The van der Waals surface area contributed by atoms with Crippen molar-refractivity contribution in [1.29, 1.82) is 0 Å². The summed E-state index contributed by atoms with van der Waals surface area (Å²) in [4.78, 5) is 21.3. The zero-order valence-electron chi connectivity index (χ0n) is 12.2. The molecule has 2 fully saturated rings. The summed E-state index contributed by atoms with van der Waals surface area (Å²) in [5.41, 5.74) is 1.67. The fourth-order valence-electron chi connectivity index (χ4n) is 3.03. The van der Waals surface area contributed by atoms with Crippen molar-refractivity contribution in [2.75, 3.05) is 26.2 Å². The summed E-state index contributed by atoms with van der Waals surface area (Å²) in [5, 5.41) is 0. The van der Waals surface area contributed by atoms with Crippen LogP contribution in [0.2, 0.25) is 0 Å². The van der Waals surface area contributed by atoms with Crippen molar-refractivity contribution in [1.82, 2.24) is 14.8 Å². The summed E-state index contributed by atoms with van der Waals surface area (Å²) >= 11 is 0. The molecule has 0 unspecified atom stereocenters. The molecule has 4 nitrogen and oxygen atoms in total. The van der Waals surface area contributed by atoms with Gasteiger partial charge in [-0.1, -0.05) is 12.5 Å². The van der Waals surface area contributed by atoms with E-state index in [0.717, 1.165) is 44.2 Å². The number of hydrogen-bond acceptors (Lipinski definition) is 3. The highest BCUT2D eigenvalue weighted by Crippen LogP contribution is 2.25. The first kappa shape index (κ1) is 13.6. The highest BCUT2D eigenvalue weighted by molar-refractivity contribution is 6.30. The predicted molar refractivity (Wildman–Crippen MR) is 82.1 cm³/mol. The quantitative estimate of drug-likeness (QED) is 0.713. The van der Waals surface area contributed by atoms with Gasteiger partial charge in [-0.25, -0.2) is 0 Å². The second-order valence-corrected chi connectivity index (χ2v) is 5.95. The van der Waals surface area contributed by atoms with Gasteiger partial charge in [0, 0.05) is 38.4 Å². The lowest BCUT2D eigenvalue weighted by Crippen LogP contribution is -2.42. The molecule has 0 aromatic carbocycles. The van der Waals surface area contributed by atoms with Crippen LogP contribution in [0.4, 0.5) is 0 Å². The molecule has 0 radical (unpaired) electrons. The summed E-state index contributed by atoms with van der Waals surface area (Å²) in [6.07, 6.45) is 6.85. The van der Waals surface area contributed by atoms with Crippen LogP contribution in [0.3, 0.4) is 0 Å². The van der Waals surface area contributed by atoms with E-state index in [1.165, 1.54) is 19.3 Å². The van der Waals surface area contributed by atoms with Crippen molar-refractivity contribution in [2.24, 2.45) is 0 Å². The third kappa shape index (κ3) is 2.87. The standard InChI is InChI=1S/C15H22BN3O/c16-14-6-5-12(11-17-14)15(20)19-8-2-7-18(9-10-19)13-3-1-4-13/h5-6,11,13H,1-4,7-10,16H2. The van der Waals surface area contributed by atoms with Gasteiger partial charge in [-0.2, -0.15) is 0 Å². The van der Waals surface area contributed by atoms with Crippen LogP contribution in [-0.2, 0) is 0 Å². The van der Waals surface area contributed by atoms with Crippen LogP contribution < -0.4 is 5.59 Å². The molecule has 1 aromatic rings. The molecule has 2 heterocycles. The van der Waals surface area contributed by atoms with Gasteiger partial charge < -0.3 is 4.90 Å². The van der Waals surface area contributed by atoms with Crippen LogP contribution >= 0.6 is 0 Å². The van der Waals surface area contributed by atoms with E-state index < -0.39 is 0 Å². The molecular weight excluding hydrogens is 249 g/mol. The van der Waals surface area contributed by atoms with Crippen LogP contribution in [0.1, 0.15) is 36.0 Å². The Morgan fingerprint density at radius 3 is 2.65 bits per heavy atom. The minimum Gasteiger partial charge on any atom is -0.337 e. The summed E-state index contributed by atoms with van der Waals surface area (Å²) in [6, 6.07) is 4.58. The fraction of sp³-hybridized carbons (Fsp3) is 0.600. The molecule has 3 rings (SSSR count). The molecule has 1 aromatic heterocycles. The third-order valence-corrected chi connectivity index (χ3v) is 4.57. The molecule has 1 aliphatic carbocycles. The number of rotatable bonds is 2. The van der Waals surface area contributed by atoms with Gasteiger partial charge >= 0.3 is 0 Å². The lowest BCUT2D eigenvalue weighted by Gasteiger charge is -2.36. The SMILES string of the molecule is Bc1ccc(C(=O)N2CCCN(C3CCC3)CC2)cn1. The Hall–Kier alpha value is -1.36. The van der Waals surface area contributed by atoms with E-state index in [1.54, 1.807) is 6.20 Å². The first-order chi connectivity index (χ1) is 9.74. The number of hydrogen-bond donors (Lipinski definition) is 0. The Morgan fingerprint density at radius 1 is 1.15 bits per heavy atom. The molecule has 1 amide bonds. The minimum atomic E-state index is 0.132. The Bertz CT molecular complexity index is 473. The molecule has 0 N–H and O–H groups in total. The normalized spacial score (nSPS) is 21.3. The summed E-state index contributed by atoms with van der Waals surface area (Å²) < 4.78 is 0. The Balaban J connectivity index is 1.62. The maximum atomic E-state index is 12.5. The van der Waals surface area contributed by atoms with Crippen molar-refractivity contribution in [3.63, 3.8) is 0 Å². The molecule has 5 heteroatoms. The van der Waals surface area contributed by atoms with Crippen LogP contribution in [0.25, 0.3) is 0 Å². The van der Waals surface area contributed by atoms with Crippen LogP contribution in [-0.4, -0.2) is 60.8 Å². The van der Waals surface area contributed by atoms with E-state index in [1.807, 2.05) is 24.9 Å². The zero-order valence-corrected chi connectivity index (χ0v) is 12.2. The molecule has 1 aliphatic heterocycles. The summed E-state index contributed by atoms with van der Waals surface area (Å²) in [6.45, 7) is 3.88. The van der Waals surface area contributed by atoms with E-state index in [-0.39, 0.29) is 5.91 Å². The van der Waals surface area contributed by atoms with Gasteiger partial charge in [-0.05, 0) is 30.9 Å². The number of carbonyl (C=O) groups excluding carboxylic acids is 1. The van der Waals surface area contributed by atoms with E-state index in [0.29, 0.717) is 5.56 Å². The van der Waals surface area contributed by atoms with Gasteiger partial charge in [0.2, 0.25) is 0 Å². The Morgan fingerprint density at radius 2 is 2.00 bits per heavy atom. The zero-order chi connectivity index (χ0) is 13.9. The van der Waals surface area contributed by atoms with E-state index in [9.17, 15) is 4.79 Å². The molecule has 0 spiro atoms. The topological polar surface area (TPSA) is 36.4 Å². The van der Waals surface area contributed by atoms with Crippen molar-refractivity contribution in [2.45, 2.75) is 31.7 Å². The molecule has 20 heavy (non-hydrogen) atoms. The number of nitrogens with zero attached hydrogens (tertiary/aromatic N) is 3. The smallest absolute Gasteiger partial charge is 0.255 e. The number of pyridine rings is 1. The number of aromatic nitrogens is 1. The van der Waals surface area contributed by atoms with Gasteiger partial charge in [0.25, 0.3) is 5.91 Å². The minimum absolute atomic E-state index is 0.132. The Labute approximate surface area is 121 Å². The van der Waals surface area contributed by atoms with E-state index in [2.05, 4.69) is 9.88 Å². The number of carbonyl (C=O) groups is 1. The predicted octanol–water partition coefficient (Wildman–Crippen LogP) is 0.0404. The van der Waals surface area contributed by atoms with Gasteiger partial charge in [0.1, 0.15) is 0 Å². The average Bonchev–Trinajstić information content (AvgIpc) is 2.63. The largest absolute Gasteiger partial charge is 0.337 e. The maximum absolute atomic E-state index is 12.5. The lowest BCUT2D eigenvalue weighted by molar-refractivity contribution is 0.0749. The molecule has 0 atom stereocenters. The van der Waals surface area contributed by atoms with Crippen molar-refractivity contribution in [3.8, 4) is 0 Å².